The molecule has 27 heavy (non-hydrogen) atoms. The van der Waals surface area contributed by atoms with Crippen molar-refractivity contribution in [3.8, 4) is 5.69 Å². The number of aromatic nitrogens is 2. The molecule has 0 aliphatic rings. The van der Waals surface area contributed by atoms with Crippen molar-refractivity contribution in [3.05, 3.63) is 101 Å². The van der Waals surface area contributed by atoms with Crippen LogP contribution in [0.15, 0.2) is 94.8 Å². The highest BCUT2D eigenvalue weighted by Gasteiger charge is 2.12. The molecule has 0 atom stereocenters. The largest absolute Gasteiger partial charge is 0.268 e. The second kappa shape index (κ2) is 7.25. The average molecular weight is 354 g/mol. The van der Waals surface area contributed by atoms with Crippen molar-refractivity contribution in [2.75, 3.05) is 5.43 Å². The summed E-state index contributed by atoms with van der Waals surface area (Å²) < 4.78 is 1.55. The van der Waals surface area contributed by atoms with Gasteiger partial charge in [-0.1, -0.05) is 60.7 Å². The predicted molar refractivity (Wildman–Crippen MR) is 110 cm³/mol. The minimum absolute atomic E-state index is 0.137. The second-order valence-corrected chi connectivity index (χ2v) is 6.10. The fraction of sp³-hybridized carbons (Fsp3) is 0.0455. The third-order valence-corrected chi connectivity index (χ3v) is 4.31. The lowest BCUT2D eigenvalue weighted by Gasteiger charge is -2.13. The van der Waals surface area contributed by atoms with Gasteiger partial charge in [-0.3, -0.25) is 4.79 Å². The van der Waals surface area contributed by atoms with E-state index in [1.165, 1.54) is 0 Å². The molecular formula is C22H18N4O. The lowest BCUT2D eigenvalue weighted by atomic mass is 10.1. The van der Waals surface area contributed by atoms with Crippen molar-refractivity contribution in [1.82, 2.24) is 9.55 Å². The summed E-state index contributed by atoms with van der Waals surface area (Å²) in [6.07, 6.45) is 0. The molecule has 4 rings (SSSR count). The summed E-state index contributed by atoms with van der Waals surface area (Å²) in [5.74, 6) is 0.375. The van der Waals surface area contributed by atoms with Gasteiger partial charge in [0.15, 0.2) is 0 Å². The zero-order chi connectivity index (χ0) is 18.6. The van der Waals surface area contributed by atoms with E-state index in [2.05, 4.69) is 15.5 Å². The van der Waals surface area contributed by atoms with Gasteiger partial charge in [0.25, 0.3) is 5.56 Å². The number of hydrogen-bond donors (Lipinski definition) is 1. The smallest absolute Gasteiger partial charge is 0.267 e. The van der Waals surface area contributed by atoms with Gasteiger partial charge in [-0.05, 0) is 36.8 Å². The Morgan fingerprint density at radius 3 is 2.26 bits per heavy atom. The zero-order valence-corrected chi connectivity index (χ0v) is 14.8. The highest BCUT2D eigenvalue weighted by atomic mass is 16.1. The molecule has 0 aliphatic heterocycles. The molecule has 0 saturated heterocycles. The SMILES string of the molecule is C/C(=N\Nc1nc2ccccc2c(=O)n1-c1ccccc1)c1ccccc1. The number of para-hydroxylation sites is 2. The van der Waals surface area contributed by atoms with Crippen LogP contribution in [0.2, 0.25) is 0 Å². The van der Waals surface area contributed by atoms with Crippen LogP contribution in [0, 0.1) is 0 Å². The predicted octanol–water partition coefficient (Wildman–Crippen LogP) is 4.22. The number of nitrogens with zero attached hydrogens (tertiary/aromatic N) is 3. The number of nitrogens with one attached hydrogen (secondary N) is 1. The lowest BCUT2D eigenvalue weighted by molar-refractivity contribution is 0.955. The van der Waals surface area contributed by atoms with Gasteiger partial charge in [0.05, 0.1) is 22.3 Å². The molecule has 0 radical (unpaired) electrons. The monoisotopic (exact) mass is 354 g/mol. The Morgan fingerprint density at radius 1 is 0.889 bits per heavy atom. The van der Waals surface area contributed by atoms with Gasteiger partial charge >= 0.3 is 0 Å². The molecule has 0 spiro atoms. The van der Waals surface area contributed by atoms with E-state index in [9.17, 15) is 4.79 Å². The first-order valence-electron chi connectivity index (χ1n) is 8.67. The van der Waals surface area contributed by atoms with Crippen LogP contribution in [0.5, 0.6) is 0 Å². The summed E-state index contributed by atoms with van der Waals surface area (Å²) in [5.41, 5.74) is 6.01. The lowest BCUT2D eigenvalue weighted by Crippen LogP contribution is -2.23. The maximum Gasteiger partial charge on any atom is 0.267 e. The third kappa shape index (κ3) is 3.35. The number of benzene rings is 3. The number of rotatable bonds is 4. The van der Waals surface area contributed by atoms with Crippen LogP contribution >= 0.6 is 0 Å². The quantitative estimate of drug-likeness (QED) is 0.441. The van der Waals surface area contributed by atoms with Crippen molar-refractivity contribution in [2.24, 2.45) is 5.10 Å². The second-order valence-electron chi connectivity index (χ2n) is 6.10. The van der Waals surface area contributed by atoms with E-state index in [1.54, 1.807) is 10.6 Å². The Bertz CT molecular complexity index is 1170. The molecule has 0 aliphatic carbocycles. The minimum atomic E-state index is -0.137. The highest BCUT2D eigenvalue weighted by Crippen LogP contribution is 2.16. The molecule has 5 heteroatoms. The number of hydrazone groups is 1. The summed E-state index contributed by atoms with van der Waals surface area (Å²) in [7, 11) is 0. The third-order valence-electron chi connectivity index (χ3n) is 4.31. The molecule has 0 saturated carbocycles. The van der Waals surface area contributed by atoms with Gasteiger partial charge in [-0.2, -0.15) is 5.10 Å². The minimum Gasteiger partial charge on any atom is -0.268 e. The molecule has 132 valence electrons. The van der Waals surface area contributed by atoms with Gasteiger partial charge in [0, 0.05) is 0 Å². The zero-order valence-electron chi connectivity index (χ0n) is 14.8. The summed E-state index contributed by atoms with van der Waals surface area (Å²) in [4.78, 5) is 17.7. The number of hydrogen-bond acceptors (Lipinski definition) is 4. The molecular weight excluding hydrogens is 336 g/mol. The van der Waals surface area contributed by atoms with Gasteiger partial charge in [0.1, 0.15) is 0 Å². The van der Waals surface area contributed by atoms with Crippen molar-refractivity contribution < 1.29 is 0 Å². The first-order chi connectivity index (χ1) is 13.2. The summed E-state index contributed by atoms with van der Waals surface area (Å²) >= 11 is 0. The summed E-state index contributed by atoms with van der Waals surface area (Å²) in [6.45, 7) is 1.91. The first-order valence-corrected chi connectivity index (χ1v) is 8.67. The van der Waals surface area contributed by atoms with Crippen LogP contribution in [0.3, 0.4) is 0 Å². The van der Waals surface area contributed by atoms with Gasteiger partial charge in [-0.25, -0.2) is 15.0 Å². The van der Waals surface area contributed by atoms with E-state index in [0.29, 0.717) is 16.9 Å². The molecule has 1 aromatic heterocycles. The van der Waals surface area contributed by atoms with Crippen molar-refractivity contribution in [2.45, 2.75) is 6.92 Å². The van der Waals surface area contributed by atoms with E-state index in [-0.39, 0.29) is 5.56 Å². The van der Waals surface area contributed by atoms with Crippen molar-refractivity contribution >= 4 is 22.6 Å². The molecule has 0 amide bonds. The molecule has 0 bridgehead atoms. The van der Waals surface area contributed by atoms with E-state index in [1.807, 2.05) is 85.8 Å². The number of anilines is 1. The molecule has 0 unspecified atom stereocenters. The van der Waals surface area contributed by atoms with Crippen molar-refractivity contribution in [1.29, 1.82) is 0 Å². The molecule has 5 nitrogen and oxygen atoms in total. The van der Waals surface area contributed by atoms with Gasteiger partial charge in [-0.15, -0.1) is 0 Å². The molecule has 3 aromatic carbocycles. The molecule has 4 aromatic rings. The van der Waals surface area contributed by atoms with Crippen molar-refractivity contribution in [3.63, 3.8) is 0 Å². The number of fused-ring (bicyclic) bond motifs is 1. The summed E-state index contributed by atoms with van der Waals surface area (Å²) in [6, 6.07) is 26.6. The van der Waals surface area contributed by atoms with E-state index < -0.39 is 0 Å². The van der Waals surface area contributed by atoms with Crippen LogP contribution in [0.1, 0.15) is 12.5 Å². The Morgan fingerprint density at radius 2 is 1.52 bits per heavy atom. The highest BCUT2D eigenvalue weighted by molar-refractivity contribution is 5.99. The average Bonchev–Trinajstić information content (AvgIpc) is 2.73. The van der Waals surface area contributed by atoms with Crippen LogP contribution in [0.25, 0.3) is 16.6 Å². The van der Waals surface area contributed by atoms with Gasteiger partial charge < -0.3 is 0 Å². The fourth-order valence-corrected chi connectivity index (χ4v) is 2.90. The van der Waals surface area contributed by atoms with E-state index >= 15 is 0 Å². The van der Waals surface area contributed by atoms with Crippen LogP contribution in [-0.2, 0) is 0 Å². The Hall–Kier alpha value is -3.73. The van der Waals surface area contributed by atoms with Gasteiger partial charge in [0.2, 0.25) is 5.95 Å². The Balaban J connectivity index is 1.85. The fourth-order valence-electron chi connectivity index (χ4n) is 2.90. The van der Waals surface area contributed by atoms with Crippen LogP contribution in [0.4, 0.5) is 5.95 Å². The van der Waals surface area contributed by atoms with E-state index in [0.717, 1.165) is 17.0 Å². The first kappa shape index (κ1) is 16.7. The normalized spacial score (nSPS) is 11.5. The molecule has 1 N–H and O–H groups in total. The van der Waals surface area contributed by atoms with Crippen LogP contribution in [-0.4, -0.2) is 15.3 Å². The van der Waals surface area contributed by atoms with Crippen LogP contribution < -0.4 is 11.0 Å². The summed E-state index contributed by atoms with van der Waals surface area (Å²) in [5, 5.41) is 5.01. The standard InChI is InChI=1S/C22H18N4O/c1-16(17-10-4-2-5-11-17)24-25-22-23-20-15-9-8-14-19(20)21(27)26(22)18-12-6-3-7-13-18/h2-15H,1H3,(H,23,25)/b24-16+. The maximum absolute atomic E-state index is 13.1. The molecule has 1 heterocycles. The molecule has 0 fully saturated rings. The Labute approximate surface area is 156 Å². The van der Waals surface area contributed by atoms with E-state index in [4.69, 9.17) is 0 Å². The maximum atomic E-state index is 13.1. The Kier molecular flexibility index (Phi) is 4.49. The topological polar surface area (TPSA) is 59.3 Å².